The number of benzene rings is 11. The number of furan rings is 1. The van der Waals surface area contributed by atoms with Gasteiger partial charge in [0.25, 0.3) is 0 Å². The molecule has 0 spiro atoms. The van der Waals surface area contributed by atoms with Crippen molar-refractivity contribution >= 4 is 96.5 Å². The largest absolute Gasteiger partial charge is 0.455 e. The third-order valence-electron chi connectivity index (χ3n) is 12.7. The van der Waals surface area contributed by atoms with Crippen LogP contribution in [0, 0.1) is 0 Å². The highest BCUT2D eigenvalue weighted by atomic mass is 32.1. The first-order chi connectivity index (χ1) is 29.8. The van der Waals surface area contributed by atoms with Crippen molar-refractivity contribution in [3.05, 3.63) is 206 Å². The second-order valence-corrected chi connectivity index (χ2v) is 16.9. The summed E-state index contributed by atoms with van der Waals surface area (Å²) in [6, 6.07) is 75.7. The van der Waals surface area contributed by atoms with E-state index in [0.717, 1.165) is 11.2 Å². The van der Waals surface area contributed by atoms with Crippen molar-refractivity contribution < 1.29 is 4.42 Å². The van der Waals surface area contributed by atoms with Crippen molar-refractivity contribution in [2.75, 3.05) is 0 Å². The molecule has 2 aromatic heterocycles. The number of rotatable bonds is 4. The number of fused-ring (bicyclic) bond motifs is 12. The van der Waals surface area contributed by atoms with Crippen molar-refractivity contribution in [3.63, 3.8) is 0 Å². The molecule has 0 atom stereocenters. The summed E-state index contributed by atoms with van der Waals surface area (Å²) < 4.78 is 9.06. The summed E-state index contributed by atoms with van der Waals surface area (Å²) in [6.45, 7) is 0. The van der Waals surface area contributed by atoms with E-state index in [1.54, 1.807) is 0 Å². The van der Waals surface area contributed by atoms with Crippen LogP contribution in [0.2, 0.25) is 0 Å². The fourth-order valence-electron chi connectivity index (χ4n) is 9.98. The Balaban J connectivity index is 0.984. The topological polar surface area (TPSA) is 13.1 Å². The Labute approximate surface area is 350 Å². The molecule has 0 aliphatic rings. The summed E-state index contributed by atoms with van der Waals surface area (Å²) in [4.78, 5) is 0. The molecule has 0 saturated carbocycles. The van der Waals surface area contributed by atoms with Gasteiger partial charge < -0.3 is 4.42 Å². The molecule has 0 bridgehead atoms. The van der Waals surface area contributed by atoms with Gasteiger partial charge in [0.15, 0.2) is 0 Å². The van der Waals surface area contributed by atoms with Crippen molar-refractivity contribution in [1.82, 2.24) is 0 Å². The summed E-state index contributed by atoms with van der Waals surface area (Å²) in [5, 5.41) is 14.8. The van der Waals surface area contributed by atoms with Crippen LogP contribution < -0.4 is 0 Å². The van der Waals surface area contributed by atoms with Crippen LogP contribution in [-0.2, 0) is 0 Å². The highest BCUT2D eigenvalue weighted by Gasteiger charge is 2.20. The highest BCUT2D eigenvalue weighted by Crippen LogP contribution is 2.48. The molecule has 0 fully saturated rings. The standard InChI is InChI=1S/C58H34OS/c1-2-13-35(14-3-1)36-15-12-16-39(33-36)54-45-20-6-8-22-47(45)55(48-23-9-7-21-46(48)54)49-30-29-40(42-17-4-5-18-43(42)49)37-25-27-41-38(34-37)26-28-51-56-53(60-58(41)51)32-31-50-44-19-10-11-24-52(44)59-57(50)56/h1-34H. The Morgan fingerprint density at radius 2 is 0.900 bits per heavy atom. The average molecular weight is 779 g/mol. The molecular weight excluding hydrogens is 745 g/mol. The molecule has 1 nitrogen and oxygen atoms in total. The SMILES string of the molecule is c1ccc(-c2cccc(-c3c4ccccc4c(-c4ccc(-c5ccc6c(ccc7c6sc6ccc8c9ccccc9oc8c67)c5)c5ccccc45)c4ccccc34)c2)cc1. The van der Waals surface area contributed by atoms with Gasteiger partial charge in [-0.25, -0.2) is 0 Å². The Kier molecular flexibility index (Phi) is 7.24. The Bertz CT molecular complexity index is 3830. The predicted octanol–water partition coefficient (Wildman–Crippen LogP) is 17.2. The van der Waals surface area contributed by atoms with E-state index >= 15 is 0 Å². The van der Waals surface area contributed by atoms with E-state index < -0.39 is 0 Å². The number of para-hydroxylation sites is 1. The van der Waals surface area contributed by atoms with Gasteiger partial charge in [0.2, 0.25) is 0 Å². The van der Waals surface area contributed by atoms with Gasteiger partial charge in [-0.1, -0.05) is 176 Å². The molecule has 13 aromatic rings. The zero-order valence-electron chi connectivity index (χ0n) is 32.4. The smallest absolute Gasteiger partial charge is 0.144 e. The van der Waals surface area contributed by atoms with Crippen molar-refractivity contribution in [2.24, 2.45) is 0 Å². The lowest BCUT2D eigenvalue weighted by molar-refractivity contribution is 0.673. The molecule has 0 N–H and O–H groups in total. The number of hydrogen-bond donors (Lipinski definition) is 0. The average Bonchev–Trinajstić information content (AvgIpc) is 3.89. The van der Waals surface area contributed by atoms with Gasteiger partial charge in [0.1, 0.15) is 11.2 Å². The van der Waals surface area contributed by atoms with Crippen molar-refractivity contribution in [1.29, 1.82) is 0 Å². The van der Waals surface area contributed by atoms with Crippen molar-refractivity contribution in [2.45, 2.75) is 0 Å². The van der Waals surface area contributed by atoms with Gasteiger partial charge in [-0.2, -0.15) is 0 Å². The predicted molar refractivity (Wildman–Crippen MR) is 258 cm³/mol. The van der Waals surface area contributed by atoms with Gasteiger partial charge in [-0.3, -0.25) is 0 Å². The summed E-state index contributed by atoms with van der Waals surface area (Å²) in [6.07, 6.45) is 0. The minimum atomic E-state index is 0.936. The summed E-state index contributed by atoms with van der Waals surface area (Å²) >= 11 is 1.86. The fourth-order valence-corrected chi connectivity index (χ4v) is 11.2. The minimum Gasteiger partial charge on any atom is -0.455 e. The third kappa shape index (κ3) is 4.92. The summed E-state index contributed by atoms with van der Waals surface area (Å²) in [5.74, 6) is 0. The molecule has 0 amide bonds. The van der Waals surface area contributed by atoms with Gasteiger partial charge in [-0.05, 0) is 118 Å². The molecule has 0 aliphatic heterocycles. The Morgan fingerprint density at radius 1 is 0.317 bits per heavy atom. The number of hydrogen-bond acceptors (Lipinski definition) is 2. The van der Waals surface area contributed by atoms with E-state index in [1.807, 2.05) is 17.4 Å². The van der Waals surface area contributed by atoms with Gasteiger partial charge in [0, 0.05) is 30.9 Å². The first kappa shape index (κ1) is 33.5. The van der Waals surface area contributed by atoms with E-state index in [4.69, 9.17) is 4.42 Å². The van der Waals surface area contributed by atoms with Crippen LogP contribution >= 0.6 is 11.3 Å². The van der Waals surface area contributed by atoms with Crippen LogP contribution in [0.3, 0.4) is 0 Å². The van der Waals surface area contributed by atoms with Crippen LogP contribution in [0.15, 0.2) is 211 Å². The molecule has 0 saturated heterocycles. The second-order valence-electron chi connectivity index (χ2n) is 15.9. The zero-order chi connectivity index (χ0) is 39.3. The molecule has 0 radical (unpaired) electrons. The third-order valence-corrected chi connectivity index (χ3v) is 13.9. The van der Waals surface area contributed by atoms with Crippen LogP contribution in [-0.4, -0.2) is 0 Å². The van der Waals surface area contributed by atoms with E-state index in [-0.39, 0.29) is 0 Å². The van der Waals surface area contributed by atoms with Crippen LogP contribution in [0.25, 0.3) is 130 Å². The van der Waals surface area contributed by atoms with Crippen LogP contribution in [0.5, 0.6) is 0 Å². The second kappa shape index (κ2) is 13.0. The first-order valence-electron chi connectivity index (χ1n) is 20.6. The monoisotopic (exact) mass is 778 g/mol. The summed E-state index contributed by atoms with van der Waals surface area (Å²) in [5.41, 5.74) is 11.8. The lowest BCUT2D eigenvalue weighted by Crippen LogP contribution is -1.92. The van der Waals surface area contributed by atoms with Crippen LogP contribution in [0.4, 0.5) is 0 Å². The molecule has 2 heterocycles. The molecule has 60 heavy (non-hydrogen) atoms. The first-order valence-corrected chi connectivity index (χ1v) is 21.4. The van der Waals surface area contributed by atoms with Gasteiger partial charge in [-0.15, -0.1) is 11.3 Å². The molecule has 2 heteroatoms. The molecule has 11 aromatic carbocycles. The molecular formula is C58H34OS. The fraction of sp³-hybridized carbons (Fsp3) is 0. The van der Waals surface area contributed by atoms with Gasteiger partial charge >= 0.3 is 0 Å². The molecule has 278 valence electrons. The molecule has 13 rings (SSSR count). The number of thiophene rings is 1. The summed E-state index contributed by atoms with van der Waals surface area (Å²) in [7, 11) is 0. The maximum absolute atomic E-state index is 6.50. The zero-order valence-corrected chi connectivity index (χ0v) is 33.3. The van der Waals surface area contributed by atoms with E-state index in [9.17, 15) is 0 Å². The maximum atomic E-state index is 6.50. The van der Waals surface area contributed by atoms with E-state index in [0.29, 0.717) is 0 Å². The minimum absolute atomic E-state index is 0.936. The van der Waals surface area contributed by atoms with Crippen molar-refractivity contribution in [3.8, 4) is 44.5 Å². The molecule has 0 aliphatic carbocycles. The lowest BCUT2D eigenvalue weighted by Gasteiger charge is -2.20. The molecule has 0 unspecified atom stereocenters. The Morgan fingerprint density at radius 3 is 1.67 bits per heavy atom. The van der Waals surface area contributed by atoms with Crippen LogP contribution in [0.1, 0.15) is 0 Å². The highest BCUT2D eigenvalue weighted by molar-refractivity contribution is 7.26. The maximum Gasteiger partial charge on any atom is 0.144 e. The lowest BCUT2D eigenvalue weighted by atomic mass is 9.83. The quantitative estimate of drug-likeness (QED) is 0.162. The normalized spacial score (nSPS) is 12.0. The Hall–Kier alpha value is -7.52. The van der Waals surface area contributed by atoms with E-state index in [1.165, 1.54) is 119 Å². The van der Waals surface area contributed by atoms with E-state index in [2.05, 4.69) is 200 Å². The van der Waals surface area contributed by atoms with Gasteiger partial charge in [0.05, 0.1) is 0 Å².